The summed E-state index contributed by atoms with van der Waals surface area (Å²) < 4.78 is 10.5. The lowest BCUT2D eigenvalue weighted by molar-refractivity contribution is -0.126. The first-order chi connectivity index (χ1) is 12.1. The average molecular weight is 344 g/mol. The molecule has 2 aromatic rings. The van der Waals surface area contributed by atoms with Gasteiger partial charge in [-0.15, -0.1) is 0 Å². The lowest BCUT2D eigenvalue weighted by Crippen LogP contribution is -2.38. The smallest absolute Gasteiger partial charge is 0.249 e. The molecule has 3 atom stereocenters. The van der Waals surface area contributed by atoms with Crippen LogP contribution in [0.1, 0.15) is 44.5 Å². The fraction of sp³-hybridized carbons (Fsp3) is 0.500. The van der Waals surface area contributed by atoms with Crippen molar-refractivity contribution in [3.63, 3.8) is 0 Å². The van der Waals surface area contributed by atoms with Crippen molar-refractivity contribution in [2.45, 2.75) is 44.7 Å². The number of aromatic nitrogens is 2. The standard InChI is InChI=1S/C18H24N4O3/c1-11(20-17(23)13-6-3-7-14(19)9-13)18-21-16(22-25-18)12-5-4-8-15(10-12)24-2/h4-5,8,10-11,13-14H,3,6-7,9,19H2,1-2H3,(H,20,23). The van der Waals surface area contributed by atoms with E-state index in [0.29, 0.717) is 11.7 Å². The van der Waals surface area contributed by atoms with Gasteiger partial charge in [-0.05, 0) is 38.3 Å². The normalized spacial score (nSPS) is 21.6. The Labute approximate surface area is 146 Å². The van der Waals surface area contributed by atoms with Gasteiger partial charge in [0.25, 0.3) is 0 Å². The zero-order valence-corrected chi connectivity index (χ0v) is 14.6. The predicted octanol–water partition coefficient (Wildman–Crippen LogP) is 2.44. The number of nitrogens with two attached hydrogens (primary N) is 1. The quantitative estimate of drug-likeness (QED) is 0.863. The van der Waals surface area contributed by atoms with Gasteiger partial charge in [0, 0.05) is 17.5 Å². The number of hydrogen-bond acceptors (Lipinski definition) is 6. The Bertz CT molecular complexity index is 731. The molecule has 1 aromatic carbocycles. The Morgan fingerprint density at radius 3 is 3.04 bits per heavy atom. The largest absolute Gasteiger partial charge is 0.497 e. The molecule has 3 rings (SSSR count). The van der Waals surface area contributed by atoms with Crippen LogP contribution in [0.2, 0.25) is 0 Å². The topological polar surface area (TPSA) is 103 Å². The molecule has 1 aliphatic rings. The summed E-state index contributed by atoms with van der Waals surface area (Å²) in [5.41, 5.74) is 6.76. The molecule has 7 heteroatoms. The minimum atomic E-state index is -0.350. The van der Waals surface area contributed by atoms with Gasteiger partial charge >= 0.3 is 0 Å². The number of carbonyl (C=O) groups excluding carboxylic acids is 1. The highest BCUT2D eigenvalue weighted by Gasteiger charge is 2.27. The number of amides is 1. The van der Waals surface area contributed by atoms with Crippen molar-refractivity contribution in [3.8, 4) is 17.1 Å². The van der Waals surface area contributed by atoms with Gasteiger partial charge in [-0.25, -0.2) is 0 Å². The van der Waals surface area contributed by atoms with E-state index >= 15 is 0 Å². The third-order valence-corrected chi connectivity index (χ3v) is 4.58. The Hall–Kier alpha value is -2.41. The summed E-state index contributed by atoms with van der Waals surface area (Å²) in [5, 5.41) is 6.96. The third kappa shape index (κ3) is 4.17. The molecular formula is C18H24N4O3. The van der Waals surface area contributed by atoms with E-state index in [4.69, 9.17) is 15.0 Å². The van der Waals surface area contributed by atoms with Crippen LogP contribution < -0.4 is 15.8 Å². The van der Waals surface area contributed by atoms with Crippen molar-refractivity contribution < 1.29 is 14.1 Å². The van der Waals surface area contributed by atoms with Crippen molar-refractivity contribution in [1.82, 2.24) is 15.5 Å². The van der Waals surface area contributed by atoms with Crippen molar-refractivity contribution in [3.05, 3.63) is 30.2 Å². The molecule has 1 fully saturated rings. The molecular weight excluding hydrogens is 320 g/mol. The summed E-state index contributed by atoms with van der Waals surface area (Å²) in [6.45, 7) is 1.84. The van der Waals surface area contributed by atoms with Crippen molar-refractivity contribution >= 4 is 5.91 Å². The number of nitrogens with zero attached hydrogens (tertiary/aromatic N) is 2. The number of benzene rings is 1. The second kappa shape index (κ2) is 7.65. The summed E-state index contributed by atoms with van der Waals surface area (Å²) in [7, 11) is 1.61. The number of rotatable bonds is 5. The molecule has 3 N–H and O–H groups in total. The fourth-order valence-corrected chi connectivity index (χ4v) is 3.15. The first-order valence-corrected chi connectivity index (χ1v) is 8.61. The lowest BCUT2D eigenvalue weighted by atomic mass is 9.85. The Balaban J connectivity index is 1.66. The summed E-state index contributed by atoms with van der Waals surface area (Å²) >= 11 is 0. The van der Waals surface area contributed by atoms with Gasteiger partial charge < -0.3 is 20.3 Å². The highest BCUT2D eigenvalue weighted by atomic mass is 16.5. The SMILES string of the molecule is COc1cccc(-c2noc(C(C)NC(=O)C3CCCC(N)C3)n2)c1. The lowest BCUT2D eigenvalue weighted by Gasteiger charge is -2.26. The molecule has 1 amide bonds. The molecule has 3 unspecified atom stereocenters. The van der Waals surface area contributed by atoms with Crippen LogP contribution in [0, 0.1) is 5.92 Å². The Morgan fingerprint density at radius 2 is 2.28 bits per heavy atom. The molecule has 1 saturated carbocycles. The van der Waals surface area contributed by atoms with Crippen LogP contribution in [0.3, 0.4) is 0 Å². The van der Waals surface area contributed by atoms with Crippen LogP contribution in [0.15, 0.2) is 28.8 Å². The summed E-state index contributed by atoms with van der Waals surface area (Å²) in [5.74, 6) is 1.54. The van der Waals surface area contributed by atoms with Crippen LogP contribution in [-0.4, -0.2) is 29.2 Å². The van der Waals surface area contributed by atoms with E-state index in [1.165, 1.54) is 0 Å². The van der Waals surface area contributed by atoms with Crippen LogP contribution in [0.5, 0.6) is 5.75 Å². The number of nitrogens with one attached hydrogen (secondary N) is 1. The highest BCUT2D eigenvalue weighted by Crippen LogP contribution is 2.25. The minimum absolute atomic E-state index is 0.00350. The van der Waals surface area contributed by atoms with E-state index in [0.717, 1.165) is 37.0 Å². The summed E-state index contributed by atoms with van der Waals surface area (Å²) in [6.07, 6.45) is 3.60. The Morgan fingerprint density at radius 1 is 1.44 bits per heavy atom. The number of methoxy groups -OCH3 is 1. The third-order valence-electron chi connectivity index (χ3n) is 4.58. The number of ether oxygens (including phenoxy) is 1. The van der Waals surface area contributed by atoms with Crippen LogP contribution in [0.25, 0.3) is 11.4 Å². The highest BCUT2D eigenvalue weighted by molar-refractivity contribution is 5.79. The maximum Gasteiger partial charge on any atom is 0.249 e. The van der Waals surface area contributed by atoms with E-state index in [9.17, 15) is 4.79 Å². The number of carbonyl (C=O) groups is 1. The molecule has 1 aromatic heterocycles. The summed E-state index contributed by atoms with van der Waals surface area (Å²) in [4.78, 5) is 16.8. The zero-order valence-electron chi connectivity index (χ0n) is 14.6. The Kier molecular flexibility index (Phi) is 5.33. The monoisotopic (exact) mass is 344 g/mol. The fourth-order valence-electron chi connectivity index (χ4n) is 3.15. The molecule has 0 radical (unpaired) electrons. The second-order valence-electron chi connectivity index (χ2n) is 6.54. The van der Waals surface area contributed by atoms with E-state index in [1.54, 1.807) is 7.11 Å². The van der Waals surface area contributed by atoms with Gasteiger partial charge in [0.05, 0.1) is 7.11 Å². The molecule has 0 aliphatic heterocycles. The van der Waals surface area contributed by atoms with Crippen LogP contribution in [0.4, 0.5) is 0 Å². The maximum absolute atomic E-state index is 12.4. The molecule has 25 heavy (non-hydrogen) atoms. The molecule has 7 nitrogen and oxygen atoms in total. The van der Waals surface area contributed by atoms with Crippen molar-refractivity contribution in [1.29, 1.82) is 0 Å². The van der Waals surface area contributed by atoms with E-state index in [-0.39, 0.29) is 23.9 Å². The molecule has 134 valence electrons. The average Bonchev–Trinajstić information content (AvgIpc) is 3.12. The molecule has 1 heterocycles. The summed E-state index contributed by atoms with van der Waals surface area (Å²) in [6, 6.07) is 7.19. The maximum atomic E-state index is 12.4. The first-order valence-electron chi connectivity index (χ1n) is 8.61. The van der Waals surface area contributed by atoms with E-state index in [2.05, 4.69) is 15.5 Å². The van der Waals surface area contributed by atoms with Crippen molar-refractivity contribution in [2.24, 2.45) is 11.7 Å². The van der Waals surface area contributed by atoms with Gasteiger partial charge in [-0.2, -0.15) is 4.98 Å². The van der Waals surface area contributed by atoms with E-state index < -0.39 is 0 Å². The van der Waals surface area contributed by atoms with Gasteiger partial charge in [-0.1, -0.05) is 23.7 Å². The van der Waals surface area contributed by atoms with Gasteiger partial charge in [0.15, 0.2) is 0 Å². The van der Waals surface area contributed by atoms with Gasteiger partial charge in [0.2, 0.25) is 17.6 Å². The molecule has 0 saturated heterocycles. The predicted molar refractivity (Wildman–Crippen MR) is 92.8 cm³/mol. The van der Waals surface area contributed by atoms with Crippen LogP contribution >= 0.6 is 0 Å². The first kappa shape index (κ1) is 17.4. The second-order valence-corrected chi connectivity index (χ2v) is 6.54. The molecule has 0 bridgehead atoms. The van der Waals surface area contributed by atoms with Crippen molar-refractivity contribution in [2.75, 3.05) is 7.11 Å². The van der Waals surface area contributed by atoms with Gasteiger partial charge in [-0.3, -0.25) is 4.79 Å². The zero-order chi connectivity index (χ0) is 17.8. The van der Waals surface area contributed by atoms with Gasteiger partial charge in [0.1, 0.15) is 11.8 Å². The molecule has 1 aliphatic carbocycles. The van der Waals surface area contributed by atoms with E-state index in [1.807, 2.05) is 31.2 Å². The van der Waals surface area contributed by atoms with Crippen LogP contribution in [-0.2, 0) is 4.79 Å². The number of hydrogen-bond donors (Lipinski definition) is 2. The molecule has 0 spiro atoms. The minimum Gasteiger partial charge on any atom is -0.497 e.